The van der Waals surface area contributed by atoms with Gasteiger partial charge in [-0.1, -0.05) is 78.9 Å². The first-order valence-electron chi connectivity index (χ1n) is 11.2. The van der Waals surface area contributed by atoms with Crippen LogP contribution in [-0.4, -0.2) is 37.3 Å². The number of hydrogen-bond acceptors (Lipinski definition) is 0. The van der Waals surface area contributed by atoms with Gasteiger partial charge in [-0.05, 0) is 17.5 Å². The predicted molar refractivity (Wildman–Crippen MR) is 123 cm³/mol. The molecule has 1 fully saturated rings. The molecular weight excluding hydrogens is 366 g/mol. The van der Waals surface area contributed by atoms with Gasteiger partial charge < -0.3 is 14.4 Å². The fourth-order valence-electron chi connectivity index (χ4n) is 5.03. The molecule has 152 valence electrons. The van der Waals surface area contributed by atoms with Gasteiger partial charge in [-0.25, -0.2) is 0 Å². The molecule has 2 N–H and O–H groups in total. The number of quaternary nitrogens is 2. The topological polar surface area (TPSA) is 13.8 Å². The molecule has 0 amide bonds. The Labute approximate surface area is 179 Å². The molecule has 1 saturated heterocycles. The average Bonchev–Trinajstić information content (AvgIpc) is 3.23. The maximum absolute atomic E-state index is 2.41. The summed E-state index contributed by atoms with van der Waals surface area (Å²) in [6.45, 7) is 7.22. The molecule has 1 aliphatic heterocycles. The number of rotatable bonds is 6. The summed E-state index contributed by atoms with van der Waals surface area (Å²) >= 11 is 0. The summed E-state index contributed by atoms with van der Waals surface area (Å²) in [6, 6.07) is 33.5. The number of para-hydroxylation sites is 1. The Morgan fingerprint density at radius 2 is 1.27 bits per heavy atom. The van der Waals surface area contributed by atoms with Crippen LogP contribution in [0.15, 0.2) is 97.2 Å². The number of hydrogen-bond donors (Lipinski definition) is 2. The zero-order chi connectivity index (χ0) is 20.2. The number of nitrogens with zero attached hydrogens (tertiary/aromatic N) is 1. The van der Waals surface area contributed by atoms with Gasteiger partial charge in [0.1, 0.15) is 32.2 Å². The Morgan fingerprint density at radius 1 is 0.667 bits per heavy atom. The second kappa shape index (κ2) is 8.86. The van der Waals surface area contributed by atoms with E-state index in [2.05, 4.69) is 102 Å². The minimum atomic E-state index is 0.433. The lowest BCUT2D eigenvalue weighted by molar-refractivity contribution is -1.02. The van der Waals surface area contributed by atoms with Gasteiger partial charge in [0.05, 0.1) is 13.1 Å². The van der Waals surface area contributed by atoms with Crippen LogP contribution in [0.1, 0.15) is 17.2 Å². The first-order valence-corrected chi connectivity index (χ1v) is 11.2. The molecule has 0 spiro atoms. The van der Waals surface area contributed by atoms with E-state index in [0.29, 0.717) is 6.04 Å². The van der Waals surface area contributed by atoms with Gasteiger partial charge in [-0.2, -0.15) is 0 Å². The number of piperazine rings is 1. The van der Waals surface area contributed by atoms with E-state index in [9.17, 15) is 0 Å². The average molecular weight is 398 g/mol. The highest BCUT2D eigenvalue weighted by molar-refractivity contribution is 5.79. The van der Waals surface area contributed by atoms with E-state index >= 15 is 0 Å². The lowest BCUT2D eigenvalue weighted by atomic mass is 9.96. The third-order valence-corrected chi connectivity index (χ3v) is 6.66. The summed E-state index contributed by atoms with van der Waals surface area (Å²) in [5.41, 5.74) is 4.22. The first kappa shape index (κ1) is 19.1. The molecule has 1 aromatic heterocycles. The standard InChI is InChI=1S/C27H29N3/c1-3-10-24(11-4-1)27(25-12-5-2-6-13-25)30-21-18-28(19-22-30)17-20-29-16-15-23-9-7-8-14-26(23)29/h1-16,27H,17-22H2/p+2. The summed E-state index contributed by atoms with van der Waals surface area (Å²) < 4.78 is 2.41. The van der Waals surface area contributed by atoms with Crippen LogP contribution < -0.4 is 9.80 Å². The van der Waals surface area contributed by atoms with Crippen LogP contribution in [0.4, 0.5) is 0 Å². The fourth-order valence-corrected chi connectivity index (χ4v) is 5.03. The first-order chi connectivity index (χ1) is 14.9. The summed E-state index contributed by atoms with van der Waals surface area (Å²) in [7, 11) is 0. The van der Waals surface area contributed by atoms with Crippen molar-refractivity contribution >= 4 is 10.9 Å². The van der Waals surface area contributed by atoms with Crippen molar-refractivity contribution in [3.63, 3.8) is 0 Å². The second-order valence-corrected chi connectivity index (χ2v) is 8.48. The van der Waals surface area contributed by atoms with Gasteiger partial charge in [0.2, 0.25) is 0 Å². The van der Waals surface area contributed by atoms with Gasteiger partial charge in [0, 0.05) is 22.8 Å². The molecule has 0 atom stereocenters. The normalized spacial score (nSPS) is 19.4. The number of aromatic nitrogens is 1. The zero-order valence-electron chi connectivity index (χ0n) is 17.5. The van der Waals surface area contributed by atoms with Crippen LogP contribution in [0, 0.1) is 0 Å². The molecule has 30 heavy (non-hydrogen) atoms. The Kier molecular flexibility index (Phi) is 5.65. The second-order valence-electron chi connectivity index (χ2n) is 8.48. The molecule has 4 aromatic rings. The van der Waals surface area contributed by atoms with Crippen LogP contribution in [0.25, 0.3) is 10.9 Å². The largest absolute Gasteiger partial charge is 0.342 e. The van der Waals surface area contributed by atoms with Gasteiger partial charge in [0.15, 0.2) is 0 Å². The van der Waals surface area contributed by atoms with E-state index in [1.165, 1.54) is 54.8 Å². The highest BCUT2D eigenvalue weighted by Gasteiger charge is 2.31. The van der Waals surface area contributed by atoms with Crippen LogP contribution in [0.2, 0.25) is 0 Å². The Morgan fingerprint density at radius 3 is 1.93 bits per heavy atom. The van der Waals surface area contributed by atoms with Gasteiger partial charge >= 0.3 is 0 Å². The van der Waals surface area contributed by atoms with Crippen LogP contribution in [0.5, 0.6) is 0 Å². The van der Waals surface area contributed by atoms with Crippen molar-refractivity contribution in [3.8, 4) is 0 Å². The molecule has 0 unspecified atom stereocenters. The Bertz CT molecular complexity index is 1020. The van der Waals surface area contributed by atoms with E-state index in [1.807, 2.05) is 0 Å². The minimum absolute atomic E-state index is 0.433. The highest BCUT2D eigenvalue weighted by atomic mass is 15.3. The summed E-state index contributed by atoms with van der Waals surface area (Å²) in [4.78, 5) is 3.43. The summed E-state index contributed by atoms with van der Waals surface area (Å²) in [5, 5.41) is 1.34. The SMILES string of the molecule is c1ccc(C(c2ccccc2)[NH+]2CC[NH+](CCn3ccc4ccccc43)CC2)cc1. The molecule has 0 aliphatic carbocycles. The summed E-state index contributed by atoms with van der Waals surface area (Å²) in [6.07, 6.45) is 2.24. The molecule has 3 aromatic carbocycles. The van der Waals surface area contributed by atoms with E-state index in [0.717, 1.165) is 6.54 Å². The number of fused-ring (bicyclic) bond motifs is 1. The summed E-state index contributed by atoms with van der Waals surface area (Å²) in [5.74, 6) is 0. The van der Waals surface area contributed by atoms with Crippen molar-refractivity contribution in [2.75, 3.05) is 32.7 Å². The molecular formula is C27H31N3+2. The maximum Gasteiger partial charge on any atom is 0.139 e. The van der Waals surface area contributed by atoms with Crippen molar-refractivity contribution in [1.29, 1.82) is 0 Å². The van der Waals surface area contributed by atoms with Crippen molar-refractivity contribution < 1.29 is 9.80 Å². The molecule has 1 aliphatic rings. The fraction of sp³-hybridized carbons (Fsp3) is 0.259. The van der Waals surface area contributed by atoms with Gasteiger partial charge in [0.25, 0.3) is 0 Å². The molecule has 3 nitrogen and oxygen atoms in total. The Balaban J connectivity index is 1.25. The quantitative estimate of drug-likeness (QED) is 0.496. The van der Waals surface area contributed by atoms with Crippen molar-refractivity contribution in [2.24, 2.45) is 0 Å². The lowest BCUT2D eigenvalue weighted by Gasteiger charge is -2.35. The third kappa shape index (κ3) is 4.04. The number of benzene rings is 3. The monoisotopic (exact) mass is 397 g/mol. The molecule has 5 rings (SSSR count). The molecule has 0 saturated carbocycles. The smallest absolute Gasteiger partial charge is 0.139 e. The van der Waals surface area contributed by atoms with Crippen LogP contribution >= 0.6 is 0 Å². The van der Waals surface area contributed by atoms with E-state index < -0.39 is 0 Å². The predicted octanol–water partition coefficient (Wildman–Crippen LogP) is 2.21. The minimum Gasteiger partial charge on any atom is -0.342 e. The molecule has 3 heteroatoms. The van der Waals surface area contributed by atoms with Crippen molar-refractivity contribution in [3.05, 3.63) is 108 Å². The lowest BCUT2D eigenvalue weighted by Crippen LogP contribution is -3.28. The number of nitrogens with one attached hydrogen (secondary N) is 2. The van der Waals surface area contributed by atoms with E-state index in [-0.39, 0.29) is 0 Å². The molecule has 0 bridgehead atoms. The van der Waals surface area contributed by atoms with Crippen molar-refractivity contribution in [1.82, 2.24) is 4.57 Å². The highest BCUT2D eigenvalue weighted by Crippen LogP contribution is 2.19. The zero-order valence-corrected chi connectivity index (χ0v) is 17.5. The third-order valence-electron chi connectivity index (χ3n) is 6.66. The van der Waals surface area contributed by atoms with Crippen molar-refractivity contribution in [2.45, 2.75) is 12.6 Å². The van der Waals surface area contributed by atoms with Gasteiger partial charge in [-0.3, -0.25) is 0 Å². The van der Waals surface area contributed by atoms with Crippen LogP contribution in [0.3, 0.4) is 0 Å². The van der Waals surface area contributed by atoms with Crippen LogP contribution in [-0.2, 0) is 6.54 Å². The van der Waals surface area contributed by atoms with E-state index in [4.69, 9.17) is 0 Å². The molecule has 2 heterocycles. The van der Waals surface area contributed by atoms with Gasteiger partial charge in [-0.15, -0.1) is 0 Å². The molecule has 0 radical (unpaired) electrons. The van der Waals surface area contributed by atoms with E-state index in [1.54, 1.807) is 9.80 Å². The maximum atomic E-state index is 2.41. The Hall–Kier alpha value is -2.88.